The normalized spacial score (nSPS) is 21.3. The van der Waals surface area contributed by atoms with Crippen LogP contribution >= 0.6 is 22.6 Å². The Morgan fingerprint density at radius 3 is 2.96 bits per heavy atom. The second-order valence-electron chi connectivity index (χ2n) is 5.31. The summed E-state index contributed by atoms with van der Waals surface area (Å²) in [5, 5.41) is 5.12. The monoisotopic (exact) mass is 433 g/mol. The molecule has 23 heavy (non-hydrogen) atoms. The molecule has 3 rings (SSSR count). The predicted molar refractivity (Wildman–Crippen MR) is 90.0 cm³/mol. The van der Waals surface area contributed by atoms with Gasteiger partial charge in [-0.2, -0.15) is 5.10 Å². The topological polar surface area (TPSA) is 77.0 Å². The number of likely N-dealkylation sites (tertiary alicyclic amines) is 1. The Morgan fingerprint density at radius 1 is 1.57 bits per heavy atom. The number of alkyl halides is 2. The minimum Gasteiger partial charge on any atom is -0.383 e. The summed E-state index contributed by atoms with van der Waals surface area (Å²) in [6.07, 6.45) is 0.131. The number of hydrogen-bond donors (Lipinski definition) is 1. The first-order chi connectivity index (χ1) is 10.9. The number of pyridine rings is 1. The summed E-state index contributed by atoms with van der Waals surface area (Å²) in [6.45, 7) is 3.54. The van der Waals surface area contributed by atoms with E-state index in [4.69, 9.17) is 5.73 Å². The molecule has 1 fully saturated rings. The molecular formula is C14H14F2IN5O. The van der Waals surface area contributed by atoms with Crippen LogP contribution < -0.4 is 5.73 Å². The van der Waals surface area contributed by atoms with Crippen LogP contribution in [0.3, 0.4) is 0 Å². The molecule has 0 spiro atoms. The molecule has 0 unspecified atom stereocenters. The molecule has 1 aliphatic heterocycles. The van der Waals surface area contributed by atoms with Crippen molar-refractivity contribution >= 4 is 45.2 Å². The molecule has 0 radical (unpaired) electrons. The molecule has 0 saturated carbocycles. The lowest BCUT2D eigenvalue weighted by molar-refractivity contribution is -0.129. The highest BCUT2D eigenvalue weighted by Gasteiger charge is 2.41. The first kappa shape index (κ1) is 16.1. The zero-order valence-corrected chi connectivity index (χ0v) is 14.2. The highest BCUT2D eigenvalue weighted by atomic mass is 127. The van der Waals surface area contributed by atoms with Crippen molar-refractivity contribution in [3.8, 4) is 0 Å². The Hall–Kier alpha value is -1.78. The third-order valence-electron chi connectivity index (χ3n) is 4.02. The van der Waals surface area contributed by atoms with Gasteiger partial charge in [0.2, 0.25) is 5.91 Å². The number of nitrogens with two attached hydrogens (primary N) is 1. The van der Waals surface area contributed by atoms with Gasteiger partial charge in [0, 0.05) is 12.7 Å². The van der Waals surface area contributed by atoms with Gasteiger partial charge in [0.1, 0.15) is 9.52 Å². The Kier molecular flexibility index (Phi) is 4.21. The summed E-state index contributed by atoms with van der Waals surface area (Å²) < 4.78 is 28.9. The van der Waals surface area contributed by atoms with Crippen LogP contribution in [0.1, 0.15) is 12.5 Å². The Bertz CT molecular complexity index is 778. The fraction of sp³-hybridized carbons (Fsp3) is 0.357. The van der Waals surface area contributed by atoms with Gasteiger partial charge in [0.05, 0.1) is 23.0 Å². The largest absolute Gasteiger partial charge is 0.383 e. The summed E-state index contributed by atoms with van der Waals surface area (Å²) in [6, 6.07) is 0.267. The van der Waals surface area contributed by atoms with Crippen molar-refractivity contribution in [3.05, 3.63) is 28.6 Å². The first-order valence-electron chi connectivity index (χ1n) is 6.93. The molecule has 0 bridgehead atoms. The molecule has 2 aromatic heterocycles. The minimum absolute atomic E-state index is 0.131. The van der Waals surface area contributed by atoms with Gasteiger partial charge in [-0.1, -0.05) is 6.58 Å². The second kappa shape index (κ2) is 6.02. The molecule has 2 atom stereocenters. The molecule has 0 aromatic carbocycles. The van der Waals surface area contributed by atoms with Crippen LogP contribution in [-0.4, -0.2) is 44.6 Å². The number of carbonyl (C=O) groups excluding carboxylic acids is 1. The molecule has 3 heterocycles. The van der Waals surface area contributed by atoms with Crippen molar-refractivity contribution in [1.29, 1.82) is 0 Å². The highest BCUT2D eigenvalue weighted by molar-refractivity contribution is 14.1. The van der Waals surface area contributed by atoms with Gasteiger partial charge in [0.15, 0.2) is 0 Å². The van der Waals surface area contributed by atoms with E-state index in [1.54, 1.807) is 16.9 Å². The van der Waals surface area contributed by atoms with Gasteiger partial charge in [-0.3, -0.25) is 9.48 Å². The van der Waals surface area contributed by atoms with E-state index in [9.17, 15) is 13.6 Å². The molecule has 9 heteroatoms. The molecule has 1 aliphatic rings. The average molecular weight is 433 g/mol. The number of hydrogen-bond acceptors (Lipinski definition) is 4. The van der Waals surface area contributed by atoms with Gasteiger partial charge < -0.3 is 10.6 Å². The zero-order chi connectivity index (χ0) is 16.7. The van der Waals surface area contributed by atoms with Crippen LogP contribution in [-0.2, 0) is 4.79 Å². The van der Waals surface area contributed by atoms with Crippen LogP contribution in [0.25, 0.3) is 10.9 Å². The van der Waals surface area contributed by atoms with Crippen molar-refractivity contribution in [2.75, 3.05) is 12.3 Å². The fourth-order valence-corrected chi connectivity index (χ4v) is 3.76. The van der Waals surface area contributed by atoms with Gasteiger partial charge in [-0.05, 0) is 41.2 Å². The summed E-state index contributed by atoms with van der Waals surface area (Å²) in [5.74, 6) is -0.147. The predicted octanol–water partition coefficient (Wildman–Crippen LogP) is 2.21. The average Bonchev–Trinajstić information content (AvgIpc) is 3.09. The van der Waals surface area contributed by atoms with Crippen molar-refractivity contribution < 1.29 is 13.6 Å². The van der Waals surface area contributed by atoms with Crippen molar-refractivity contribution in [3.63, 3.8) is 0 Å². The summed E-state index contributed by atoms with van der Waals surface area (Å²) in [7, 11) is 0. The van der Waals surface area contributed by atoms with E-state index in [0.29, 0.717) is 14.9 Å². The number of rotatable bonds is 3. The van der Waals surface area contributed by atoms with E-state index < -0.39 is 18.4 Å². The van der Waals surface area contributed by atoms with Gasteiger partial charge in [0.25, 0.3) is 6.43 Å². The van der Waals surface area contributed by atoms with E-state index in [-0.39, 0.29) is 19.0 Å². The van der Waals surface area contributed by atoms with Crippen LogP contribution in [0, 0.1) is 3.70 Å². The maximum Gasteiger partial charge on any atom is 0.258 e. The van der Waals surface area contributed by atoms with E-state index in [1.807, 2.05) is 22.6 Å². The van der Waals surface area contributed by atoms with E-state index in [1.165, 1.54) is 0 Å². The number of anilines is 1. The number of nitrogen functional groups attached to an aromatic ring is 1. The molecule has 0 aliphatic carbocycles. The van der Waals surface area contributed by atoms with E-state index in [2.05, 4.69) is 16.7 Å². The van der Waals surface area contributed by atoms with Crippen molar-refractivity contribution in [1.82, 2.24) is 19.7 Å². The van der Waals surface area contributed by atoms with Gasteiger partial charge >= 0.3 is 0 Å². The maximum atomic E-state index is 13.3. The second-order valence-corrected chi connectivity index (χ2v) is 6.33. The quantitative estimate of drug-likeness (QED) is 0.595. The standard InChI is InChI=1S/C14H14F2IN5O/c1-2-10(23)21-6-7(5-9(21)12(15)16)22-8-3-4-19-14(18)11(8)13(17)20-22/h2-4,7,9,12H,1,5-6H2,(H2,18,19)/t7-,9+/m0/s1. The summed E-state index contributed by atoms with van der Waals surface area (Å²) >= 11 is 2.04. The van der Waals surface area contributed by atoms with Crippen LogP contribution in [0.4, 0.5) is 14.6 Å². The number of amides is 1. The number of nitrogens with zero attached hydrogens (tertiary/aromatic N) is 4. The molecule has 2 aromatic rings. The molecular weight excluding hydrogens is 419 g/mol. The molecule has 122 valence electrons. The number of fused-ring (bicyclic) bond motifs is 1. The smallest absolute Gasteiger partial charge is 0.258 e. The number of halogens is 3. The SMILES string of the molecule is C=CC(=O)N1C[C@@H](n2nc(I)c3c(N)nccc32)C[C@@H]1C(F)F. The fourth-order valence-electron chi connectivity index (χ4n) is 2.98. The molecule has 2 N–H and O–H groups in total. The first-order valence-corrected chi connectivity index (χ1v) is 8.01. The molecule has 6 nitrogen and oxygen atoms in total. The van der Waals surface area contributed by atoms with Crippen LogP contribution in [0.5, 0.6) is 0 Å². The number of carbonyl (C=O) groups is 1. The third-order valence-corrected chi connectivity index (χ3v) is 4.78. The summed E-state index contributed by atoms with van der Waals surface area (Å²) in [4.78, 5) is 17.0. The van der Waals surface area contributed by atoms with Crippen molar-refractivity contribution in [2.45, 2.75) is 24.9 Å². The van der Waals surface area contributed by atoms with E-state index >= 15 is 0 Å². The maximum absolute atomic E-state index is 13.3. The van der Waals surface area contributed by atoms with Gasteiger partial charge in [-0.15, -0.1) is 0 Å². The molecule has 1 saturated heterocycles. The van der Waals surface area contributed by atoms with Crippen LogP contribution in [0.15, 0.2) is 24.9 Å². The molecule has 1 amide bonds. The van der Waals surface area contributed by atoms with Crippen molar-refractivity contribution in [2.24, 2.45) is 0 Å². The minimum atomic E-state index is -2.61. The zero-order valence-electron chi connectivity index (χ0n) is 12.0. The summed E-state index contributed by atoms with van der Waals surface area (Å²) in [5.41, 5.74) is 6.60. The van der Waals surface area contributed by atoms with Gasteiger partial charge in [-0.25, -0.2) is 13.8 Å². The lowest BCUT2D eigenvalue weighted by Gasteiger charge is -2.21. The van der Waals surface area contributed by atoms with E-state index in [0.717, 1.165) is 16.5 Å². The lowest BCUT2D eigenvalue weighted by atomic mass is 10.1. The Morgan fingerprint density at radius 2 is 2.30 bits per heavy atom. The lowest BCUT2D eigenvalue weighted by Crippen LogP contribution is -2.38. The Labute approximate surface area is 144 Å². The van der Waals surface area contributed by atoms with Crippen LogP contribution in [0.2, 0.25) is 0 Å². The Balaban J connectivity index is 2.02. The number of aromatic nitrogens is 3. The third kappa shape index (κ3) is 2.66. The highest BCUT2D eigenvalue weighted by Crippen LogP contribution is 2.34.